The van der Waals surface area contributed by atoms with Gasteiger partial charge in [0.2, 0.25) is 0 Å². The quantitative estimate of drug-likeness (QED) is 0.235. The Balaban J connectivity index is 1.53. The smallest absolute Gasteiger partial charge is 0.324 e. The zero-order valence-electron chi connectivity index (χ0n) is 16.4. The summed E-state index contributed by atoms with van der Waals surface area (Å²) < 4.78 is 0.865. The predicted octanol–water partition coefficient (Wildman–Crippen LogP) is 6.18. The molecule has 0 radical (unpaired) electrons. The summed E-state index contributed by atoms with van der Waals surface area (Å²) in [4.78, 5) is 29.4. The normalized spacial score (nSPS) is 10.9. The summed E-state index contributed by atoms with van der Waals surface area (Å²) in [6.07, 6.45) is 2.62. The highest BCUT2D eigenvalue weighted by molar-refractivity contribution is 9.10. The summed E-state index contributed by atoms with van der Waals surface area (Å²) in [7, 11) is 0. The van der Waals surface area contributed by atoms with Gasteiger partial charge in [-0.05, 0) is 42.3 Å². The highest BCUT2D eigenvalue weighted by atomic mass is 79.9. The number of aromatic amines is 1. The number of rotatable bonds is 7. The highest BCUT2D eigenvalue weighted by Crippen LogP contribution is 2.26. The van der Waals surface area contributed by atoms with E-state index < -0.39 is 4.92 Å². The Kier molecular flexibility index (Phi) is 6.34. The maximum absolute atomic E-state index is 13.1. The van der Waals surface area contributed by atoms with Crippen molar-refractivity contribution in [3.8, 4) is 0 Å². The number of halogens is 1. The predicted molar refractivity (Wildman–Crippen MR) is 127 cm³/mol. The van der Waals surface area contributed by atoms with Crippen LogP contribution in [-0.2, 0) is 13.0 Å². The molecule has 31 heavy (non-hydrogen) atoms. The Labute approximate surface area is 191 Å². The number of carbonyl (C=O) groups excluding carboxylic acids is 1. The van der Waals surface area contributed by atoms with Gasteiger partial charge in [-0.25, -0.2) is 4.79 Å². The van der Waals surface area contributed by atoms with Crippen molar-refractivity contribution in [1.82, 2.24) is 9.88 Å². The summed E-state index contributed by atoms with van der Waals surface area (Å²) in [6.45, 7) is 0.758. The minimum Gasteiger partial charge on any atom is -0.361 e. The zero-order valence-corrected chi connectivity index (χ0v) is 18.8. The van der Waals surface area contributed by atoms with Gasteiger partial charge in [0.05, 0.1) is 11.5 Å². The van der Waals surface area contributed by atoms with Crippen molar-refractivity contribution >= 4 is 54.9 Å². The molecule has 2 aromatic heterocycles. The Bertz CT molecular complexity index is 1240. The Morgan fingerprint density at radius 2 is 2.00 bits per heavy atom. The lowest BCUT2D eigenvalue weighted by molar-refractivity contribution is -0.380. The van der Waals surface area contributed by atoms with Gasteiger partial charge in [0.15, 0.2) is 0 Å². The molecule has 0 aliphatic carbocycles. The van der Waals surface area contributed by atoms with E-state index in [9.17, 15) is 14.9 Å². The SMILES string of the molecule is O=C(Nc1cccc(Br)c1)N(CCc1c[nH]c2ccccc12)Cc1ccc([N+](=O)[O-])s1. The van der Waals surface area contributed by atoms with Crippen LogP contribution in [0.4, 0.5) is 15.5 Å². The van der Waals surface area contributed by atoms with Gasteiger partial charge in [-0.15, -0.1) is 0 Å². The molecular formula is C22H19BrN4O3S. The number of amides is 2. The van der Waals surface area contributed by atoms with E-state index >= 15 is 0 Å². The number of nitrogens with one attached hydrogen (secondary N) is 2. The molecule has 0 saturated carbocycles. The van der Waals surface area contributed by atoms with Crippen molar-refractivity contribution in [2.75, 3.05) is 11.9 Å². The molecule has 158 valence electrons. The summed E-state index contributed by atoms with van der Waals surface area (Å²) in [6, 6.07) is 18.3. The van der Waals surface area contributed by atoms with Crippen molar-refractivity contribution in [1.29, 1.82) is 0 Å². The van der Waals surface area contributed by atoms with Crippen molar-refractivity contribution in [2.24, 2.45) is 0 Å². The average Bonchev–Trinajstić information content (AvgIpc) is 3.38. The third kappa shape index (κ3) is 5.12. The molecule has 4 aromatic rings. The van der Waals surface area contributed by atoms with E-state index in [2.05, 4.69) is 32.3 Å². The molecule has 0 spiro atoms. The lowest BCUT2D eigenvalue weighted by Gasteiger charge is -2.22. The maximum atomic E-state index is 13.1. The molecular weight excluding hydrogens is 480 g/mol. The number of carbonyl (C=O) groups is 1. The maximum Gasteiger partial charge on any atom is 0.324 e. The van der Waals surface area contributed by atoms with Crippen molar-refractivity contribution < 1.29 is 9.72 Å². The van der Waals surface area contributed by atoms with E-state index in [1.165, 1.54) is 6.07 Å². The summed E-state index contributed by atoms with van der Waals surface area (Å²) in [5, 5.41) is 15.1. The van der Waals surface area contributed by atoms with E-state index in [1.54, 1.807) is 11.0 Å². The van der Waals surface area contributed by atoms with E-state index in [0.717, 1.165) is 37.2 Å². The van der Waals surface area contributed by atoms with Crippen LogP contribution in [0.25, 0.3) is 10.9 Å². The molecule has 0 atom stereocenters. The topological polar surface area (TPSA) is 91.3 Å². The number of aromatic nitrogens is 1. The molecule has 9 heteroatoms. The Morgan fingerprint density at radius 1 is 1.16 bits per heavy atom. The molecule has 4 rings (SSSR count). The van der Waals surface area contributed by atoms with Crippen molar-refractivity contribution in [2.45, 2.75) is 13.0 Å². The number of fused-ring (bicyclic) bond motifs is 1. The van der Waals surface area contributed by atoms with Crippen LogP contribution in [0.5, 0.6) is 0 Å². The van der Waals surface area contributed by atoms with Gasteiger partial charge in [0.25, 0.3) is 0 Å². The minimum atomic E-state index is -0.411. The van der Waals surface area contributed by atoms with Crippen LogP contribution in [-0.4, -0.2) is 27.4 Å². The first-order valence-corrected chi connectivity index (χ1v) is 11.2. The number of anilines is 1. The number of H-pyrrole nitrogens is 1. The number of benzene rings is 2. The van der Waals surface area contributed by atoms with Gasteiger partial charge >= 0.3 is 11.0 Å². The minimum absolute atomic E-state index is 0.0685. The number of thiophene rings is 1. The Hall–Kier alpha value is -3.17. The fourth-order valence-corrected chi connectivity index (χ4v) is 4.59. The van der Waals surface area contributed by atoms with E-state index in [0.29, 0.717) is 25.2 Å². The fourth-order valence-electron chi connectivity index (χ4n) is 3.35. The molecule has 2 heterocycles. The number of urea groups is 1. The van der Waals surface area contributed by atoms with Crippen LogP contribution in [0.2, 0.25) is 0 Å². The number of nitro groups is 1. The summed E-state index contributed by atoms with van der Waals surface area (Å²) in [5.41, 5.74) is 2.85. The van der Waals surface area contributed by atoms with Gasteiger partial charge < -0.3 is 15.2 Å². The van der Waals surface area contributed by atoms with Crippen LogP contribution in [0.3, 0.4) is 0 Å². The molecule has 2 amide bonds. The summed E-state index contributed by atoms with van der Waals surface area (Å²) >= 11 is 4.50. The monoisotopic (exact) mass is 498 g/mol. The first-order valence-electron chi connectivity index (χ1n) is 9.59. The number of hydrogen-bond acceptors (Lipinski definition) is 4. The molecule has 0 bridgehead atoms. The van der Waals surface area contributed by atoms with Gasteiger partial charge in [0, 0.05) is 44.7 Å². The first kappa shape index (κ1) is 21.1. The van der Waals surface area contributed by atoms with E-state index in [-0.39, 0.29) is 11.0 Å². The molecule has 0 saturated heterocycles. The van der Waals surface area contributed by atoms with Crippen LogP contribution < -0.4 is 5.32 Å². The van der Waals surface area contributed by atoms with Gasteiger partial charge in [-0.2, -0.15) is 0 Å². The van der Waals surface area contributed by atoms with Crippen LogP contribution in [0.15, 0.2) is 71.3 Å². The molecule has 0 fully saturated rings. The van der Waals surface area contributed by atoms with Gasteiger partial charge in [-0.1, -0.05) is 51.5 Å². The molecule has 7 nitrogen and oxygen atoms in total. The zero-order chi connectivity index (χ0) is 21.8. The second-order valence-electron chi connectivity index (χ2n) is 6.97. The second-order valence-corrected chi connectivity index (χ2v) is 9.03. The molecule has 2 aromatic carbocycles. The Morgan fingerprint density at radius 3 is 2.77 bits per heavy atom. The average molecular weight is 499 g/mol. The van der Waals surface area contributed by atoms with Crippen LogP contribution in [0, 0.1) is 10.1 Å². The summed E-state index contributed by atoms with van der Waals surface area (Å²) in [5.74, 6) is 0. The highest BCUT2D eigenvalue weighted by Gasteiger charge is 2.18. The molecule has 0 unspecified atom stereocenters. The third-order valence-corrected chi connectivity index (χ3v) is 6.38. The second kappa shape index (κ2) is 9.32. The van der Waals surface area contributed by atoms with E-state index in [1.807, 2.05) is 48.7 Å². The van der Waals surface area contributed by atoms with Gasteiger partial charge in [0.1, 0.15) is 0 Å². The fraction of sp³-hybridized carbons (Fsp3) is 0.136. The largest absolute Gasteiger partial charge is 0.361 e. The van der Waals surface area contributed by atoms with Gasteiger partial charge in [-0.3, -0.25) is 10.1 Å². The standard InChI is InChI=1S/C22H19BrN4O3S/c23-16-4-3-5-17(12-16)25-22(28)26(14-18-8-9-21(31-18)27(29)30)11-10-15-13-24-20-7-2-1-6-19(15)20/h1-9,12-13,24H,10-11,14H2,(H,25,28). The number of para-hydroxylation sites is 1. The molecule has 0 aliphatic rings. The van der Waals surface area contributed by atoms with Crippen LogP contribution >= 0.6 is 27.3 Å². The first-order chi connectivity index (χ1) is 15.0. The number of hydrogen-bond donors (Lipinski definition) is 2. The lowest BCUT2D eigenvalue weighted by atomic mass is 10.1. The number of nitrogens with zero attached hydrogens (tertiary/aromatic N) is 2. The lowest BCUT2D eigenvalue weighted by Crippen LogP contribution is -2.35. The molecule has 0 aliphatic heterocycles. The van der Waals surface area contributed by atoms with Crippen LogP contribution in [0.1, 0.15) is 10.4 Å². The van der Waals surface area contributed by atoms with Crippen molar-refractivity contribution in [3.63, 3.8) is 0 Å². The van der Waals surface area contributed by atoms with Crippen molar-refractivity contribution in [3.05, 3.63) is 91.9 Å². The third-order valence-electron chi connectivity index (χ3n) is 4.86. The molecule has 2 N–H and O–H groups in total. The van der Waals surface area contributed by atoms with E-state index in [4.69, 9.17) is 0 Å².